The Hall–Kier alpha value is -4.14. The summed E-state index contributed by atoms with van der Waals surface area (Å²) in [5, 5.41) is 8.23. The second kappa shape index (κ2) is 7.84. The van der Waals surface area contributed by atoms with Gasteiger partial charge in [-0.05, 0) is 29.7 Å². The Morgan fingerprint density at radius 2 is 1.81 bits per heavy atom. The van der Waals surface area contributed by atoms with E-state index in [0.717, 1.165) is 11.3 Å². The minimum Gasteiger partial charge on any atom is -0.303 e. The molecule has 160 valence electrons. The zero-order valence-corrected chi connectivity index (χ0v) is 17.5. The molecule has 3 aromatic heterocycles. The fourth-order valence-electron chi connectivity index (χ4n) is 3.81. The van der Waals surface area contributed by atoms with Crippen molar-refractivity contribution in [2.24, 2.45) is 0 Å². The van der Waals surface area contributed by atoms with Gasteiger partial charge in [-0.3, -0.25) is 4.57 Å². The molecule has 8 nitrogen and oxygen atoms in total. The van der Waals surface area contributed by atoms with Crippen molar-refractivity contribution in [1.82, 2.24) is 34.5 Å². The maximum Gasteiger partial charge on any atom is 0.328 e. The minimum absolute atomic E-state index is 0.0401. The highest BCUT2D eigenvalue weighted by Gasteiger charge is 2.17. The van der Waals surface area contributed by atoms with Crippen LogP contribution in [0, 0.1) is 5.82 Å². The van der Waals surface area contributed by atoms with E-state index in [2.05, 4.69) is 25.1 Å². The Labute approximate surface area is 182 Å². The molecule has 5 aromatic rings. The molecule has 0 radical (unpaired) electrons. The van der Waals surface area contributed by atoms with Gasteiger partial charge in [-0.25, -0.2) is 19.2 Å². The predicted molar refractivity (Wildman–Crippen MR) is 118 cm³/mol. The molecule has 5 rings (SSSR count). The van der Waals surface area contributed by atoms with E-state index in [4.69, 9.17) is 0 Å². The normalized spacial score (nSPS) is 11.5. The minimum atomic E-state index is -0.292. The van der Waals surface area contributed by atoms with E-state index in [1.165, 1.54) is 10.9 Å². The number of benzene rings is 2. The van der Waals surface area contributed by atoms with Crippen molar-refractivity contribution in [3.05, 3.63) is 88.5 Å². The van der Waals surface area contributed by atoms with Crippen LogP contribution in [0.2, 0.25) is 0 Å². The topological polar surface area (TPSA) is 94.3 Å². The van der Waals surface area contributed by atoms with Crippen molar-refractivity contribution in [1.29, 1.82) is 0 Å². The third-order valence-corrected chi connectivity index (χ3v) is 5.31. The van der Waals surface area contributed by atoms with Crippen LogP contribution in [-0.2, 0) is 6.54 Å². The van der Waals surface area contributed by atoms with E-state index in [0.29, 0.717) is 34.7 Å². The van der Waals surface area contributed by atoms with Crippen molar-refractivity contribution in [3.8, 4) is 17.1 Å². The van der Waals surface area contributed by atoms with Crippen LogP contribution < -0.4 is 5.69 Å². The lowest BCUT2D eigenvalue weighted by Crippen LogP contribution is -2.18. The summed E-state index contributed by atoms with van der Waals surface area (Å²) in [5.74, 6) is 0.0506. The molecule has 0 unspecified atom stereocenters. The fraction of sp³-hybridized carbons (Fsp3) is 0.174. The molecule has 0 amide bonds. The van der Waals surface area contributed by atoms with E-state index in [1.807, 2.05) is 38.1 Å². The third kappa shape index (κ3) is 3.47. The first-order chi connectivity index (χ1) is 15.5. The molecular weight excluding hydrogens is 409 g/mol. The highest BCUT2D eigenvalue weighted by molar-refractivity contribution is 5.74. The van der Waals surface area contributed by atoms with Crippen molar-refractivity contribution in [2.45, 2.75) is 26.3 Å². The number of halogens is 1. The SMILES string of the molecule is CC(C)c1c(F)cccc1-c1ncc2[nH]c(=O)n(Cc3ccc(-n4nccn4)cc3)c2n1. The Morgan fingerprint density at radius 1 is 1.06 bits per heavy atom. The van der Waals surface area contributed by atoms with Gasteiger partial charge in [0.1, 0.15) is 11.3 Å². The van der Waals surface area contributed by atoms with E-state index in [-0.39, 0.29) is 17.4 Å². The Bertz CT molecular complexity index is 1450. The molecule has 32 heavy (non-hydrogen) atoms. The predicted octanol–water partition coefficient (Wildman–Crippen LogP) is 3.68. The molecule has 0 spiro atoms. The first kappa shape index (κ1) is 19.8. The molecule has 0 aliphatic heterocycles. The van der Waals surface area contributed by atoms with Crippen LogP contribution >= 0.6 is 0 Å². The molecule has 0 saturated heterocycles. The van der Waals surface area contributed by atoms with Crippen LogP contribution in [0.25, 0.3) is 28.2 Å². The van der Waals surface area contributed by atoms with Crippen LogP contribution in [0.1, 0.15) is 30.9 Å². The van der Waals surface area contributed by atoms with Gasteiger partial charge >= 0.3 is 5.69 Å². The van der Waals surface area contributed by atoms with Crippen molar-refractivity contribution in [2.75, 3.05) is 0 Å². The summed E-state index contributed by atoms with van der Waals surface area (Å²) in [4.78, 5) is 26.0. The van der Waals surface area contributed by atoms with Crippen LogP contribution in [0.15, 0.2) is 65.8 Å². The molecule has 0 saturated carbocycles. The number of nitrogens with zero attached hydrogens (tertiary/aromatic N) is 6. The van der Waals surface area contributed by atoms with Gasteiger partial charge in [0.2, 0.25) is 0 Å². The Morgan fingerprint density at radius 3 is 2.53 bits per heavy atom. The summed E-state index contributed by atoms with van der Waals surface area (Å²) in [5.41, 5.74) is 3.62. The van der Waals surface area contributed by atoms with Gasteiger partial charge in [-0.2, -0.15) is 15.0 Å². The lowest BCUT2D eigenvalue weighted by molar-refractivity contribution is 0.599. The summed E-state index contributed by atoms with van der Waals surface area (Å²) in [6.45, 7) is 4.17. The van der Waals surface area contributed by atoms with Gasteiger partial charge in [-0.15, -0.1) is 0 Å². The largest absolute Gasteiger partial charge is 0.328 e. The second-order valence-electron chi connectivity index (χ2n) is 7.79. The van der Waals surface area contributed by atoms with Gasteiger partial charge in [0, 0.05) is 11.1 Å². The summed E-state index contributed by atoms with van der Waals surface area (Å²) >= 11 is 0. The van der Waals surface area contributed by atoms with Gasteiger partial charge in [0.25, 0.3) is 0 Å². The van der Waals surface area contributed by atoms with E-state index >= 15 is 0 Å². The number of hydrogen-bond donors (Lipinski definition) is 1. The summed E-state index contributed by atoms with van der Waals surface area (Å²) in [7, 11) is 0. The summed E-state index contributed by atoms with van der Waals surface area (Å²) in [6, 6.07) is 12.5. The average molecular weight is 429 g/mol. The lowest BCUT2D eigenvalue weighted by Gasteiger charge is -2.13. The average Bonchev–Trinajstić information content (AvgIpc) is 3.42. The fourth-order valence-corrected chi connectivity index (χ4v) is 3.81. The van der Waals surface area contributed by atoms with Crippen LogP contribution in [0.3, 0.4) is 0 Å². The summed E-state index contributed by atoms with van der Waals surface area (Å²) < 4.78 is 16.0. The summed E-state index contributed by atoms with van der Waals surface area (Å²) in [6.07, 6.45) is 4.79. The molecule has 0 atom stereocenters. The van der Waals surface area contributed by atoms with Crippen LogP contribution in [0.4, 0.5) is 4.39 Å². The van der Waals surface area contributed by atoms with E-state index in [9.17, 15) is 9.18 Å². The zero-order valence-electron chi connectivity index (χ0n) is 17.5. The van der Waals surface area contributed by atoms with Crippen LogP contribution in [-0.4, -0.2) is 34.5 Å². The number of nitrogens with one attached hydrogen (secondary N) is 1. The molecule has 0 aliphatic carbocycles. The molecule has 0 bridgehead atoms. The zero-order chi connectivity index (χ0) is 22.2. The molecule has 1 N–H and O–H groups in total. The first-order valence-corrected chi connectivity index (χ1v) is 10.2. The molecular formula is C23H20FN7O. The lowest BCUT2D eigenvalue weighted by atomic mass is 9.96. The number of rotatable bonds is 5. The molecule has 3 heterocycles. The first-order valence-electron chi connectivity index (χ1n) is 10.2. The molecule has 0 fully saturated rings. The third-order valence-electron chi connectivity index (χ3n) is 5.31. The Kier molecular flexibility index (Phi) is 4.85. The Balaban J connectivity index is 1.55. The number of fused-ring (bicyclic) bond motifs is 1. The number of H-pyrrole nitrogens is 1. The number of aromatic nitrogens is 7. The number of imidazole rings is 1. The van der Waals surface area contributed by atoms with Crippen molar-refractivity contribution >= 4 is 11.2 Å². The van der Waals surface area contributed by atoms with E-state index < -0.39 is 0 Å². The van der Waals surface area contributed by atoms with Gasteiger partial charge in [0.15, 0.2) is 11.5 Å². The molecule has 0 aliphatic rings. The van der Waals surface area contributed by atoms with Crippen LogP contribution in [0.5, 0.6) is 0 Å². The van der Waals surface area contributed by atoms with Gasteiger partial charge < -0.3 is 4.98 Å². The van der Waals surface area contributed by atoms with Gasteiger partial charge in [-0.1, -0.05) is 38.1 Å². The molecule has 9 heteroatoms. The van der Waals surface area contributed by atoms with Gasteiger partial charge in [0.05, 0.1) is 30.8 Å². The molecule has 2 aromatic carbocycles. The maximum atomic E-state index is 14.5. The number of aromatic amines is 1. The van der Waals surface area contributed by atoms with Crippen molar-refractivity contribution < 1.29 is 4.39 Å². The smallest absolute Gasteiger partial charge is 0.303 e. The highest BCUT2D eigenvalue weighted by atomic mass is 19.1. The van der Waals surface area contributed by atoms with E-state index in [1.54, 1.807) is 35.3 Å². The highest BCUT2D eigenvalue weighted by Crippen LogP contribution is 2.29. The quantitative estimate of drug-likeness (QED) is 0.460. The maximum absolute atomic E-state index is 14.5. The standard InChI is InChI=1S/C23H20FN7O/c1-14(2)20-17(4-3-5-18(20)24)21-25-12-19-22(29-21)30(23(32)28-19)13-15-6-8-16(9-7-15)31-26-10-11-27-31/h3-12,14H,13H2,1-2H3,(H,28,32). The number of hydrogen-bond acceptors (Lipinski definition) is 5. The monoisotopic (exact) mass is 429 g/mol. The second-order valence-corrected chi connectivity index (χ2v) is 7.79. The van der Waals surface area contributed by atoms with Crippen molar-refractivity contribution in [3.63, 3.8) is 0 Å².